The Bertz CT molecular complexity index is 580. The summed E-state index contributed by atoms with van der Waals surface area (Å²) in [5, 5.41) is 0.796. The van der Waals surface area contributed by atoms with E-state index in [2.05, 4.69) is 20.9 Å². The fourth-order valence-corrected chi connectivity index (χ4v) is 2.97. The van der Waals surface area contributed by atoms with E-state index in [1.54, 1.807) is 0 Å². The number of ketones is 1. The molecule has 5 heteroatoms. The van der Waals surface area contributed by atoms with Gasteiger partial charge in [-0.05, 0) is 12.1 Å². The van der Waals surface area contributed by atoms with Crippen LogP contribution in [0.5, 0.6) is 5.88 Å². The zero-order valence-corrected chi connectivity index (χ0v) is 12.5. The topological polar surface area (TPSA) is 39.2 Å². The maximum Gasteiger partial charge on any atom is 0.236 e. The standard InChI is InChI=1S/C13H12BrNO2S/c1-3-10(16)11-12(17-2)15-13(18-11)8-5-4-6-9(14)7-8/h4-7H,3H2,1-2H3. The summed E-state index contributed by atoms with van der Waals surface area (Å²) in [6, 6.07) is 7.82. The molecule has 1 aromatic heterocycles. The lowest BCUT2D eigenvalue weighted by molar-refractivity contribution is 0.0989. The van der Waals surface area contributed by atoms with Gasteiger partial charge in [0.2, 0.25) is 5.88 Å². The smallest absolute Gasteiger partial charge is 0.236 e. The molecule has 94 valence electrons. The van der Waals surface area contributed by atoms with Gasteiger partial charge in [-0.15, -0.1) is 11.3 Å². The number of thiazole rings is 1. The molecule has 0 aliphatic rings. The lowest BCUT2D eigenvalue weighted by Crippen LogP contribution is -1.96. The second kappa shape index (κ2) is 5.63. The summed E-state index contributed by atoms with van der Waals surface area (Å²) in [4.78, 5) is 16.7. The van der Waals surface area contributed by atoms with Gasteiger partial charge in [-0.1, -0.05) is 35.0 Å². The van der Waals surface area contributed by atoms with E-state index in [1.807, 2.05) is 31.2 Å². The zero-order valence-electron chi connectivity index (χ0n) is 10.1. The van der Waals surface area contributed by atoms with E-state index in [-0.39, 0.29) is 5.78 Å². The maximum absolute atomic E-state index is 11.8. The van der Waals surface area contributed by atoms with E-state index in [4.69, 9.17) is 4.74 Å². The average Bonchev–Trinajstić information content (AvgIpc) is 2.82. The number of carbonyl (C=O) groups excluding carboxylic acids is 1. The summed E-state index contributed by atoms with van der Waals surface area (Å²) in [5.41, 5.74) is 0.975. The second-order valence-corrected chi connectivity index (χ2v) is 5.56. The summed E-state index contributed by atoms with van der Waals surface area (Å²) < 4.78 is 6.15. The number of methoxy groups -OCH3 is 1. The summed E-state index contributed by atoms with van der Waals surface area (Å²) >= 11 is 4.80. The van der Waals surface area contributed by atoms with Crippen LogP contribution in [0.4, 0.5) is 0 Å². The molecule has 0 saturated carbocycles. The minimum absolute atomic E-state index is 0.0607. The first kappa shape index (κ1) is 13.2. The third-order valence-electron chi connectivity index (χ3n) is 2.44. The first-order valence-corrected chi connectivity index (χ1v) is 7.10. The van der Waals surface area contributed by atoms with Gasteiger partial charge in [0.05, 0.1) is 7.11 Å². The fraction of sp³-hybridized carbons (Fsp3) is 0.231. The normalized spacial score (nSPS) is 10.4. The minimum atomic E-state index is 0.0607. The molecule has 0 atom stereocenters. The number of rotatable bonds is 4. The highest BCUT2D eigenvalue weighted by molar-refractivity contribution is 9.10. The van der Waals surface area contributed by atoms with E-state index in [9.17, 15) is 4.79 Å². The molecule has 0 aliphatic carbocycles. The van der Waals surface area contributed by atoms with Crippen molar-refractivity contribution < 1.29 is 9.53 Å². The van der Waals surface area contributed by atoms with Crippen molar-refractivity contribution in [3.63, 3.8) is 0 Å². The third kappa shape index (κ3) is 2.62. The molecule has 0 aliphatic heterocycles. The van der Waals surface area contributed by atoms with Crippen molar-refractivity contribution in [2.24, 2.45) is 0 Å². The van der Waals surface area contributed by atoms with Gasteiger partial charge < -0.3 is 4.74 Å². The molecule has 0 spiro atoms. The predicted octanol–water partition coefficient (Wildman–Crippen LogP) is 4.17. The van der Waals surface area contributed by atoms with Crippen LogP contribution in [0, 0.1) is 0 Å². The predicted molar refractivity (Wildman–Crippen MR) is 76.4 cm³/mol. The number of hydrogen-bond acceptors (Lipinski definition) is 4. The lowest BCUT2D eigenvalue weighted by atomic mass is 10.2. The van der Waals surface area contributed by atoms with Crippen LogP contribution in [-0.4, -0.2) is 17.9 Å². The molecule has 18 heavy (non-hydrogen) atoms. The summed E-state index contributed by atoms with van der Waals surface area (Å²) in [6.45, 7) is 1.83. The molecular formula is C13H12BrNO2S. The Morgan fingerprint density at radius 1 is 1.50 bits per heavy atom. The molecule has 0 saturated heterocycles. The van der Waals surface area contributed by atoms with Crippen molar-refractivity contribution in [3.05, 3.63) is 33.6 Å². The molecule has 3 nitrogen and oxygen atoms in total. The molecule has 1 aromatic carbocycles. The van der Waals surface area contributed by atoms with Gasteiger partial charge in [-0.3, -0.25) is 4.79 Å². The van der Waals surface area contributed by atoms with E-state index in [0.717, 1.165) is 15.0 Å². The molecule has 2 aromatic rings. The van der Waals surface area contributed by atoms with Crippen LogP contribution in [0.2, 0.25) is 0 Å². The summed E-state index contributed by atoms with van der Waals surface area (Å²) in [7, 11) is 1.53. The number of ether oxygens (including phenoxy) is 1. The fourth-order valence-electron chi connectivity index (χ4n) is 1.53. The number of Topliss-reactive ketones (excluding diaryl/α,β-unsaturated/α-hetero) is 1. The monoisotopic (exact) mass is 325 g/mol. The van der Waals surface area contributed by atoms with Crippen molar-refractivity contribution >= 4 is 33.0 Å². The van der Waals surface area contributed by atoms with Crippen molar-refractivity contribution in [1.82, 2.24) is 4.98 Å². The molecule has 0 radical (unpaired) electrons. The SMILES string of the molecule is CCC(=O)c1sc(-c2cccc(Br)c2)nc1OC. The van der Waals surface area contributed by atoms with E-state index >= 15 is 0 Å². The van der Waals surface area contributed by atoms with Crippen LogP contribution >= 0.6 is 27.3 Å². The maximum atomic E-state index is 11.8. The Hall–Kier alpha value is -1.20. The van der Waals surface area contributed by atoms with Crippen molar-refractivity contribution in [1.29, 1.82) is 0 Å². The zero-order chi connectivity index (χ0) is 13.1. The number of hydrogen-bond donors (Lipinski definition) is 0. The van der Waals surface area contributed by atoms with Gasteiger partial charge in [0.25, 0.3) is 0 Å². The van der Waals surface area contributed by atoms with Gasteiger partial charge >= 0.3 is 0 Å². The lowest BCUT2D eigenvalue weighted by Gasteiger charge is -1.96. The Morgan fingerprint density at radius 3 is 2.89 bits per heavy atom. The van der Waals surface area contributed by atoms with Crippen LogP contribution in [0.15, 0.2) is 28.7 Å². The molecule has 0 amide bonds. The van der Waals surface area contributed by atoms with Crippen molar-refractivity contribution in [2.75, 3.05) is 7.11 Å². The molecule has 1 heterocycles. The Morgan fingerprint density at radius 2 is 2.28 bits per heavy atom. The molecular weight excluding hydrogens is 314 g/mol. The molecule has 0 fully saturated rings. The largest absolute Gasteiger partial charge is 0.480 e. The molecule has 0 N–H and O–H groups in total. The quantitative estimate of drug-likeness (QED) is 0.792. The first-order valence-electron chi connectivity index (χ1n) is 5.49. The van der Waals surface area contributed by atoms with Crippen LogP contribution in [-0.2, 0) is 0 Å². The summed E-state index contributed by atoms with van der Waals surface area (Å²) in [5.74, 6) is 0.479. The van der Waals surface area contributed by atoms with Crippen LogP contribution < -0.4 is 4.74 Å². The van der Waals surface area contributed by atoms with Crippen LogP contribution in [0.3, 0.4) is 0 Å². The third-order valence-corrected chi connectivity index (χ3v) is 4.06. The van der Waals surface area contributed by atoms with E-state index in [1.165, 1.54) is 18.4 Å². The van der Waals surface area contributed by atoms with Gasteiger partial charge in [-0.25, -0.2) is 4.98 Å². The number of nitrogens with zero attached hydrogens (tertiary/aromatic N) is 1. The second-order valence-electron chi connectivity index (χ2n) is 3.64. The number of benzene rings is 1. The van der Waals surface area contributed by atoms with E-state index < -0.39 is 0 Å². The first-order chi connectivity index (χ1) is 8.65. The van der Waals surface area contributed by atoms with Gasteiger partial charge in [0.1, 0.15) is 9.88 Å². The van der Waals surface area contributed by atoms with Gasteiger partial charge in [-0.2, -0.15) is 0 Å². The summed E-state index contributed by atoms with van der Waals surface area (Å²) in [6.07, 6.45) is 0.455. The minimum Gasteiger partial charge on any atom is -0.480 e. The number of halogens is 1. The van der Waals surface area contributed by atoms with Crippen LogP contribution in [0.25, 0.3) is 10.6 Å². The van der Waals surface area contributed by atoms with E-state index in [0.29, 0.717) is 17.2 Å². The van der Waals surface area contributed by atoms with Crippen LogP contribution in [0.1, 0.15) is 23.0 Å². The highest BCUT2D eigenvalue weighted by atomic mass is 79.9. The van der Waals surface area contributed by atoms with Gasteiger partial charge in [0.15, 0.2) is 5.78 Å². The molecule has 0 bridgehead atoms. The van der Waals surface area contributed by atoms with Crippen molar-refractivity contribution in [3.8, 4) is 16.5 Å². The molecule has 0 unspecified atom stereocenters. The highest BCUT2D eigenvalue weighted by Gasteiger charge is 2.18. The molecule has 2 rings (SSSR count). The number of aromatic nitrogens is 1. The Labute approximate surface area is 118 Å². The number of carbonyl (C=O) groups is 1. The Balaban J connectivity index is 2.47. The van der Waals surface area contributed by atoms with Gasteiger partial charge in [0, 0.05) is 16.5 Å². The van der Waals surface area contributed by atoms with Crippen molar-refractivity contribution in [2.45, 2.75) is 13.3 Å². The average molecular weight is 326 g/mol. The highest BCUT2D eigenvalue weighted by Crippen LogP contribution is 2.34. The Kier molecular flexibility index (Phi) is 4.14.